The molecular formula is C25H30N4O3. The number of hydrogen-bond donors (Lipinski definition) is 2. The summed E-state index contributed by atoms with van der Waals surface area (Å²) < 4.78 is 0. The summed E-state index contributed by atoms with van der Waals surface area (Å²) in [4.78, 5) is 42.7. The van der Waals surface area contributed by atoms with Crippen LogP contribution in [0.15, 0.2) is 42.6 Å². The number of carbonyl (C=O) groups is 3. The first-order chi connectivity index (χ1) is 15.4. The molecule has 2 aliphatic rings. The minimum absolute atomic E-state index is 0.0706. The first kappa shape index (κ1) is 22.0. The normalized spacial score (nSPS) is 17.0. The Morgan fingerprint density at radius 1 is 1.09 bits per heavy atom. The van der Waals surface area contributed by atoms with Gasteiger partial charge in [0.1, 0.15) is 12.4 Å². The molecule has 0 spiro atoms. The third kappa shape index (κ3) is 5.15. The molecule has 7 heteroatoms. The largest absolute Gasteiger partial charge is 0.349 e. The first-order valence-corrected chi connectivity index (χ1v) is 11.3. The summed E-state index contributed by atoms with van der Waals surface area (Å²) in [6.45, 7) is 2.03. The van der Waals surface area contributed by atoms with Gasteiger partial charge in [-0.15, -0.1) is 0 Å². The van der Waals surface area contributed by atoms with E-state index in [0.29, 0.717) is 17.9 Å². The molecule has 0 unspecified atom stereocenters. The molecule has 32 heavy (non-hydrogen) atoms. The third-order valence-electron chi connectivity index (χ3n) is 6.47. The predicted octanol–water partition coefficient (Wildman–Crippen LogP) is 3.45. The zero-order valence-corrected chi connectivity index (χ0v) is 18.5. The van der Waals surface area contributed by atoms with Crippen LogP contribution in [-0.2, 0) is 22.6 Å². The van der Waals surface area contributed by atoms with Crippen molar-refractivity contribution in [1.29, 1.82) is 0 Å². The van der Waals surface area contributed by atoms with E-state index in [4.69, 9.17) is 0 Å². The van der Waals surface area contributed by atoms with Gasteiger partial charge < -0.3 is 15.5 Å². The van der Waals surface area contributed by atoms with Crippen LogP contribution >= 0.6 is 0 Å². The van der Waals surface area contributed by atoms with Gasteiger partial charge >= 0.3 is 0 Å². The van der Waals surface area contributed by atoms with Gasteiger partial charge in [-0.05, 0) is 48.9 Å². The number of aromatic nitrogens is 1. The quantitative estimate of drug-likeness (QED) is 0.698. The summed E-state index contributed by atoms with van der Waals surface area (Å²) in [5.41, 5.74) is 2.50. The van der Waals surface area contributed by atoms with E-state index >= 15 is 0 Å². The molecule has 2 aromatic rings. The van der Waals surface area contributed by atoms with Crippen LogP contribution in [-0.4, -0.2) is 39.7 Å². The molecule has 0 saturated heterocycles. The number of nitrogens with zero attached hydrogens (tertiary/aromatic N) is 2. The molecule has 2 N–H and O–H groups in total. The van der Waals surface area contributed by atoms with Crippen molar-refractivity contribution in [3.8, 4) is 0 Å². The number of carbonyl (C=O) groups excluding carboxylic acids is 3. The molecule has 3 amide bonds. The van der Waals surface area contributed by atoms with E-state index in [1.165, 1.54) is 13.3 Å². The summed E-state index contributed by atoms with van der Waals surface area (Å²) in [6, 6.07) is 11.3. The second-order valence-electron chi connectivity index (χ2n) is 8.94. The molecule has 0 radical (unpaired) electrons. The molecule has 0 bridgehead atoms. The number of hydrogen-bond acceptors (Lipinski definition) is 4. The summed E-state index contributed by atoms with van der Waals surface area (Å²) in [6.07, 6.45) is 8.67. The Morgan fingerprint density at radius 3 is 2.56 bits per heavy atom. The lowest BCUT2D eigenvalue weighted by molar-refractivity contribution is -0.124. The van der Waals surface area contributed by atoms with E-state index in [9.17, 15) is 14.4 Å². The fourth-order valence-electron chi connectivity index (χ4n) is 4.83. The molecule has 2 heterocycles. The van der Waals surface area contributed by atoms with Gasteiger partial charge in [0.2, 0.25) is 11.8 Å². The molecule has 1 aliphatic heterocycles. The average molecular weight is 435 g/mol. The van der Waals surface area contributed by atoms with Crippen molar-refractivity contribution in [2.24, 2.45) is 0 Å². The van der Waals surface area contributed by atoms with Gasteiger partial charge in [0.25, 0.3) is 5.91 Å². The van der Waals surface area contributed by atoms with E-state index in [1.54, 1.807) is 17.2 Å². The molecule has 1 fully saturated rings. The summed E-state index contributed by atoms with van der Waals surface area (Å²) >= 11 is 0. The van der Waals surface area contributed by atoms with Gasteiger partial charge in [-0.3, -0.25) is 14.4 Å². The number of anilines is 1. The predicted molar refractivity (Wildman–Crippen MR) is 122 cm³/mol. The van der Waals surface area contributed by atoms with Gasteiger partial charge in [0, 0.05) is 30.8 Å². The number of nitrogens with one attached hydrogen (secondary N) is 2. The smallest absolute Gasteiger partial charge is 0.254 e. The zero-order chi connectivity index (χ0) is 22.6. The Kier molecular flexibility index (Phi) is 6.53. The fraction of sp³-hybridized carbons (Fsp3) is 0.440. The Bertz CT molecular complexity index is 997. The molecule has 1 aliphatic carbocycles. The van der Waals surface area contributed by atoms with Crippen LogP contribution in [0.1, 0.15) is 66.9 Å². The number of aryl methyl sites for hydroxylation is 1. The Balaban J connectivity index is 1.37. The van der Waals surface area contributed by atoms with Crippen LogP contribution in [0.2, 0.25) is 0 Å². The van der Waals surface area contributed by atoms with Crippen molar-refractivity contribution in [2.45, 2.75) is 64.0 Å². The van der Waals surface area contributed by atoms with Crippen molar-refractivity contribution < 1.29 is 14.4 Å². The van der Waals surface area contributed by atoms with Crippen molar-refractivity contribution in [3.05, 3.63) is 59.3 Å². The minimum atomic E-state index is -0.249. The Hall–Kier alpha value is -3.22. The fourth-order valence-corrected chi connectivity index (χ4v) is 4.83. The topological polar surface area (TPSA) is 91.4 Å². The van der Waals surface area contributed by atoms with E-state index in [1.807, 2.05) is 30.3 Å². The highest BCUT2D eigenvalue weighted by Crippen LogP contribution is 2.32. The lowest BCUT2D eigenvalue weighted by Gasteiger charge is -2.39. The van der Waals surface area contributed by atoms with E-state index < -0.39 is 0 Å². The Morgan fingerprint density at radius 2 is 1.88 bits per heavy atom. The maximum atomic E-state index is 13.0. The van der Waals surface area contributed by atoms with E-state index in [0.717, 1.165) is 49.7 Å². The molecule has 168 valence electrons. The highest BCUT2D eigenvalue weighted by molar-refractivity contribution is 6.00. The molecule has 7 nitrogen and oxygen atoms in total. The molecule has 1 aromatic heterocycles. The number of amides is 3. The van der Waals surface area contributed by atoms with Gasteiger partial charge in [0.15, 0.2) is 0 Å². The van der Waals surface area contributed by atoms with Crippen molar-refractivity contribution in [1.82, 2.24) is 15.2 Å². The number of pyridine rings is 1. The number of benzene rings is 1. The summed E-state index contributed by atoms with van der Waals surface area (Å²) in [5.74, 6) is 0.234. The molecule has 1 aromatic carbocycles. The first-order valence-electron chi connectivity index (χ1n) is 11.3. The second kappa shape index (κ2) is 9.51. The maximum absolute atomic E-state index is 13.0. The zero-order valence-electron chi connectivity index (χ0n) is 18.5. The van der Waals surface area contributed by atoms with Crippen LogP contribution in [0.3, 0.4) is 0 Å². The van der Waals surface area contributed by atoms with E-state index in [2.05, 4.69) is 15.6 Å². The molecule has 4 rings (SSSR count). The monoisotopic (exact) mass is 434 g/mol. The second-order valence-corrected chi connectivity index (χ2v) is 8.94. The third-order valence-corrected chi connectivity index (χ3v) is 6.47. The Labute approximate surface area is 188 Å². The van der Waals surface area contributed by atoms with Crippen LogP contribution in [0, 0.1) is 0 Å². The van der Waals surface area contributed by atoms with E-state index in [-0.39, 0.29) is 29.8 Å². The van der Waals surface area contributed by atoms with Gasteiger partial charge in [0.05, 0.1) is 0 Å². The van der Waals surface area contributed by atoms with Crippen molar-refractivity contribution in [3.63, 3.8) is 0 Å². The van der Waals surface area contributed by atoms with Crippen LogP contribution in [0.4, 0.5) is 5.82 Å². The lowest BCUT2D eigenvalue weighted by atomic mass is 9.78. The number of fused-ring (bicyclic) bond motifs is 1. The van der Waals surface area contributed by atoms with Crippen LogP contribution in [0.5, 0.6) is 0 Å². The highest BCUT2D eigenvalue weighted by Gasteiger charge is 2.35. The molecular weight excluding hydrogens is 404 g/mol. The maximum Gasteiger partial charge on any atom is 0.254 e. The number of rotatable bonds is 7. The highest BCUT2D eigenvalue weighted by atomic mass is 16.2. The van der Waals surface area contributed by atoms with Gasteiger partial charge in [-0.1, -0.05) is 43.5 Å². The average Bonchev–Trinajstić information content (AvgIpc) is 3.09. The van der Waals surface area contributed by atoms with Crippen molar-refractivity contribution in [2.75, 3.05) is 11.9 Å². The standard InChI is InChI=1S/C25H30N4O3/c1-18(30)27-22-10-9-19(15-26-22)11-14-25(12-5-2-6-13-25)28-23(31)17-29-16-20-7-3-4-8-21(20)24(29)32/h3-4,7-10,15H,2,5-6,11-14,16-17H2,1H3,(H,28,31)(H,26,27,30). The SMILES string of the molecule is CC(=O)Nc1ccc(CCC2(NC(=O)CN3Cc4ccccc4C3=O)CCCCC2)cn1. The molecule has 0 atom stereocenters. The summed E-state index contributed by atoms with van der Waals surface area (Å²) in [5, 5.41) is 5.98. The van der Waals surface area contributed by atoms with Gasteiger partial charge in [-0.2, -0.15) is 0 Å². The van der Waals surface area contributed by atoms with Crippen LogP contribution in [0.25, 0.3) is 0 Å². The summed E-state index contributed by atoms with van der Waals surface area (Å²) in [7, 11) is 0. The molecule has 1 saturated carbocycles. The van der Waals surface area contributed by atoms with Gasteiger partial charge in [-0.25, -0.2) is 4.98 Å². The van der Waals surface area contributed by atoms with Crippen LogP contribution < -0.4 is 10.6 Å². The lowest BCUT2D eigenvalue weighted by Crippen LogP contribution is -2.52. The van der Waals surface area contributed by atoms with Crippen molar-refractivity contribution >= 4 is 23.5 Å². The minimum Gasteiger partial charge on any atom is -0.349 e.